The minimum Gasteiger partial charge on any atom is -0.497 e. The van der Waals surface area contributed by atoms with E-state index in [1.54, 1.807) is 13.2 Å². The van der Waals surface area contributed by atoms with Crippen molar-refractivity contribution in [2.75, 3.05) is 13.7 Å². The van der Waals surface area contributed by atoms with Gasteiger partial charge < -0.3 is 20.3 Å². The van der Waals surface area contributed by atoms with E-state index >= 15 is 0 Å². The molecule has 118 valence electrons. The number of hydrogen-bond acceptors (Lipinski definition) is 5. The van der Waals surface area contributed by atoms with Crippen LogP contribution in [0.3, 0.4) is 0 Å². The highest BCUT2D eigenvalue weighted by Gasteiger charge is 2.28. The van der Waals surface area contributed by atoms with Gasteiger partial charge >= 0.3 is 0 Å². The van der Waals surface area contributed by atoms with Crippen LogP contribution in [0.15, 0.2) is 41.0 Å². The van der Waals surface area contributed by atoms with Gasteiger partial charge in [-0.05, 0) is 35.2 Å². The maximum atomic E-state index is 9.87. The molecule has 1 aromatic carbocycles. The predicted molar refractivity (Wildman–Crippen MR) is 82.3 cm³/mol. The van der Waals surface area contributed by atoms with E-state index in [2.05, 4.69) is 10.0 Å². The lowest BCUT2D eigenvalue weighted by Crippen LogP contribution is -2.46. The Balaban J connectivity index is 1.87. The zero-order valence-electron chi connectivity index (χ0n) is 12.4. The average Bonchev–Trinajstić information content (AvgIpc) is 2.53. The molecule has 0 heterocycles. The quantitative estimate of drug-likeness (QED) is 0.361. The summed E-state index contributed by atoms with van der Waals surface area (Å²) in [6.45, 7) is 0.822. The van der Waals surface area contributed by atoms with E-state index in [-0.39, 0.29) is 0 Å². The van der Waals surface area contributed by atoms with Crippen LogP contribution in [0.4, 0.5) is 0 Å². The fraction of sp³-hybridized carbons (Fsp3) is 0.467. The molecule has 22 heavy (non-hydrogen) atoms. The molecule has 0 aliphatic heterocycles. The van der Waals surface area contributed by atoms with Crippen LogP contribution in [-0.2, 0) is 11.3 Å². The molecule has 7 heteroatoms. The smallest absolute Gasteiger partial charge is 0.118 e. The van der Waals surface area contributed by atoms with E-state index in [1.165, 1.54) is 0 Å². The van der Waals surface area contributed by atoms with Gasteiger partial charge in [-0.25, -0.2) is 0 Å². The van der Waals surface area contributed by atoms with Crippen LogP contribution >= 0.6 is 0 Å². The van der Waals surface area contributed by atoms with E-state index in [9.17, 15) is 5.11 Å². The van der Waals surface area contributed by atoms with Gasteiger partial charge in [0.05, 0.1) is 32.5 Å². The van der Waals surface area contributed by atoms with Crippen molar-refractivity contribution in [3.8, 4) is 5.75 Å². The van der Waals surface area contributed by atoms with Crippen LogP contribution in [0.1, 0.15) is 12.0 Å². The first-order valence-corrected chi connectivity index (χ1v) is 7.02. The van der Waals surface area contributed by atoms with Crippen molar-refractivity contribution in [1.29, 1.82) is 0 Å². The van der Waals surface area contributed by atoms with Crippen molar-refractivity contribution < 1.29 is 14.6 Å². The normalized spacial score (nSPS) is 24.3. The summed E-state index contributed by atoms with van der Waals surface area (Å²) in [7, 11) is 1.62. The Morgan fingerprint density at radius 3 is 2.73 bits per heavy atom. The number of nitrogens with zero attached hydrogens (tertiary/aromatic N) is 3. The Labute approximate surface area is 129 Å². The second kappa shape index (κ2) is 7.82. The number of methoxy groups -OCH3 is 1. The molecule has 3 N–H and O–H groups in total. The van der Waals surface area contributed by atoms with Crippen LogP contribution in [0.5, 0.6) is 5.75 Å². The predicted octanol–water partition coefficient (Wildman–Crippen LogP) is 1.91. The summed E-state index contributed by atoms with van der Waals surface area (Å²) in [6.07, 6.45) is 1.37. The molecule has 0 spiro atoms. The van der Waals surface area contributed by atoms with Gasteiger partial charge in [-0.15, -0.1) is 0 Å². The number of ether oxygens (including phenoxy) is 2. The molecule has 0 saturated heterocycles. The summed E-state index contributed by atoms with van der Waals surface area (Å²) in [6, 6.07) is 6.60. The molecule has 1 aliphatic carbocycles. The summed E-state index contributed by atoms with van der Waals surface area (Å²) in [5, 5.41) is 13.5. The molecule has 0 aromatic heterocycles. The summed E-state index contributed by atoms with van der Waals surface area (Å²) >= 11 is 0. The van der Waals surface area contributed by atoms with Crippen molar-refractivity contribution in [1.82, 2.24) is 0 Å². The van der Waals surface area contributed by atoms with Crippen LogP contribution in [-0.4, -0.2) is 37.0 Å². The van der Waals surface area contributed by atoms with Gasteiger partial charge in [0.2, 0.25) is 0 Å². The fourth-order valence-corrected chi connectivity index (χ4v) is 2.37. The molecule has 0 unspecified atom stereocenters. The van der Waals surface area contributed by atoms with E-state index in [0.29, 0.717) is 19.6 Å². The third-order valence-electron chi connectivity index (χ3n) is 3.63. The van der Waals surface area contributed by atoms with Crippen molar-refractivity contribution in [3.05, 3.63) is 51.9 Å². The first kappa shape index (κ1) is 16.3. The molecule has 1 aliphatic rings. The summed E-state index contributed by atoms with van der Waals surface area (Å²) in [4.78, 5) is 2.78. The first-order valence-electron chi connectivity index (χ1n) is 7.02. The number of aliphatic hydroxyl groups is 1. The third-order valence-corrected chi connectivity index (χ3v) is 3.63. The van der Waals surface area contributed by atoms with Gasteiger partial charge in [0.25, 0.3) is 0 Å². The minimum absolute atomic E-state index is 0.368. The lowest BCUT2D eigenvalue weighted by molar-refractivity contribution is 0.126. The van der Waals surface area contributed by atoms with Crippen LogP contribution in [0.25, 0.3) is 10.4 Å². The molecular weight excluding hydrogens is 284 g/mol. The second-order valence-corrected chi connectivity index (χ2v) is 5.21. The highest BCUT2D eigenvalue weighted by Crippen LogP contribution is 2.22. The average molecular weight is 304 g/mol. The number of rotatable bonds is 6. The summed E-state index contributed by atoms with van der Waals surface area (Å²) in [5.74, 6) is 0.799. The van der Waals surface area contributed by atoms with Crippen molar-refractivity contribution in [2.24, 2.45) is 10.8 Å². The van der Waals surface area contributed by atoms with Gasteiger partial charge in [-0.1, -0.05) is 23.3 Å². The highest BCUT2D eigenvalue weighted by molar-refractivity contribution is 5.26. The molecule has 3 atom stereocenters. The van der Waals surface area contributed by atoms with Gasteiger partial charge in [-0.2, -0.15) is 0 Å². The van der Waals surface area contributed by atoms with Crippen molar-refractivity contribution >= 4 is 0 Å². The maximum Gasteiger partial charge on any atom is 0.118 e. The van der Waals surface area contributed by atoms with E-state index < -0.39 is 18.2 Å². The molecule has 0 amide bonds. The van der Waals surface area contributed by atoms with Crippen molar-refractivity contribution in [2.45, 2.75) is 31.2 Å². The topological polar surface area (TPSA) is 113 Å². The van der Waals surface area contributed by atoms with Crippen LogP contribution in [0.2, 0.25) is 0 Å². The number of hydrogen-bond donors (Lipinski definition) is 2. The maximum absolute atomic E-state index is 9.87. The molecule has 7 nitrogen and oxygen atoms in total. The lowest BCUT2D eigenvalue weighted by atomic mass is 9.89. The number of azide groups is 1. The SMILES string of the molecule is COc1ccc(COCC2=C[C@@H](O)[C@H](N)[C@@H](N=[N+]=[N-])C2)cc1. The van der Waals surface area contributed by atoms with E-state index in [1.807, 2.05) is 24.3 Å². The molecule has 1 aromatic rings. The second-order valence-electron chi connectivity index (χ2n) is 5.21. The Hall–Kier alpha value is -2.05. The van der Waals surface area contributed by atoms with Gasteiger partial charge in [0.1, 0.15) is 5.75 Å². The monoisotopic (exact) mass is 304 g/mol. The molecule has 0 fully saturated rings. The molecular formula is C15H20N4O3. The minimum atomic E-state index is -0.816. The van der Waals surface area contributed by atoms with Gasteiger partial charge in [0, 0.05) is 11.0 Å². The number of nitrogens with two attached hydrogens (primary N) is 1. The van der Waals surface area contributed by atoms with Crippen LogP contribution in [0, 0.1) is 0 Å². The standard InChI is InChI=1S/C15H20N4O3/c1-21-12-4-2-10(3-5-12)8-22-9-11-6-13(18-19-17)15(16)14(20)7-11/h2-5,7,13-15,20H,6,8-9,16H2,1H3/t13-,14+,15+/m0/s1. The highest BCUT2D eigenvalue weighted by atomic mass is 16.5. The molecule has 0 saturated carbocycles. The zero-order chi connectivity index (χ0) is 15.9. The summed E-state index contributed by atoms with van der Waals surface area (Å²) in [5.41, 5.74) is 16.3. The molecule has 0 radical (unpaired) electrons. The van der Waals surface area contributed by atoms with E-state index in [4.69, 9.17) is 20.7 Å². The van der Waals surface area contributed by atoms with Gasteiger partial charge in [0.15, 0.2) is 0 Å². The Bertz CT molecular complexity index is 567. The molecule has 2 rings (SSSR count). The fourth-order valence-electron chi connectivity index (χ4n) is 2.37. The molecule has 0 bridgehead atoms. The Morgan fingerprint density at radius 1 is 1.36 bits per heavy atom. The first-order chi connectivity index (χ1) is 10.6. The lowest BCUT2D eigenvalue weighted by Gasteiger charge is -2.29. The van der Waals surface area contributed by atoms with E-state index in [0.717, 1.165) is 16.9 Å². The van der Waals surface area contributed by atoms with Crippen LogP contribution < -0.4 is 10.5 Å². The van der Waals surface area contributed by atoms with Crippen molar-refractivity contribution in [3.63, 3.8) is 0 Å². The third kappa shape index (κ3) is 4.22. The zero-order valence-corrected chi connectivity index (χ0v) is 12.4. The van der Waals surface area contributed by atoms with Gasteiger partial charge in [-0.3, -0.25) is 0 Å². The number of benzene rings is 1. The Kier molecular flexibility index (Phi) is 5.80. The largest absolute Gasteiger partial charge is 0.497 e. The Morgan fingerprint density at radius 2 is 2.09 bits per heavy atom. The number of aliphatic hydroxyl groups excluding tert-OH is 1. The summed E-state index contributed by atoms with van der Waals surface area (Å²) < 4.78 is 10.7.